The summed E-state index contributed by atoms with van der Waals surface area (Å²) in [5.41, 5.74) is -2.20. The Morgan fingerprint density at radius 1 is 1.24 bits per heavy atom. The lowest BCUT2D eigenvalue weighted by Crippen LogP contribution is -2.45. The molecule has 1 amide bonds. The van der Waals surface area contributed by atoms with Crippen LogP contribution >= 0.6 is 0 Å². The second kappa shape index (κ2) is 6.89. The van der Waals surface area contributed by atoms with Crippen molar-refractivity contribution in [2.24, 2.45) is 5.41 Å². The quantitative estimate of drug-likeness (QED) is 0.802. The number of alkyl halides is 3. The third kappa shape index (κ3) is 3.99. The van der Waals surface area contributed by atoms with E-state index >= 15 is 0 Å². The molecular weight excluding hydrogens is 391 g/mol. The molecule has 0 aromatic carbocycles. The van der Waals surface area contributed by atoms with Gasteiger partial charge in [-0.15, -0.1) is 5.10 Å². The predicted octanol–water partition coefficient (Wildman–Crippen LogP) is 2.65. The number of hydrogen-bond acceptors (Lipinski definition) is 6. The molecule has 1 saturated carbocycles. The second-order valence-corrected chi connectivity index (χ2v) is 7.72. The van der Waals surface area contributed by atoms with E-state index in [4.69, 9.17) is 4.42 Å². The van der Waals surface area contributed by atoms with Gasteiger partial charge in [0.05, 0.1) is 0 Å². The zero-order chi connectivity index (χ0) is 20.8. The summed E-state index contributed by atoms with van der Waals surface area (Å²) in [7, 11) is 0. The van der Waals surface area contributed by atoms with Crippen LogP contribution in [0.2, 0.25) is 0 Å². The van der Waals surface area contributed by atoms with Gasteiger partial charge in [-0.05, 0) is 50.2 Å². The summed E-state index contributed by atoms with van der Waals surface area (Å²) >= 11 is 0. The Balaban J connectivity index is 1.40. The van der Waals surface area contributed by atoms with Crippen molar-refractivity contribution < 1.29 is 22.4 Å². The van der Waals surface area contributed by atoms with E-state index < -0.39 is 23.3 Å². The molecule has 0 unspecified atom stereocenters. The number of anilines is 1. The van der Waals surface area contributed by atoms with Crippen molar-refractivity contribution in [3.63, 3.8) is 0 Å². The average Bonchev–Trinajstić information content (AvgIpc) is 3.25. The maximum atomic E-state index is 12.7. The van der Waals surface area contributed by atoms with Gasteiger partial charge in [0, 0.05) is 13.1 Å². The van der Waals surface area contributed by atoms with Crippen LogP contribution in [0.1, 0.15) is 38.2 Å². The first-order valence-corrected chi connectivity index (χ1v) is 9.37. The van der Waals surface area contributed by atoms with Crippen molar-refractivity contribution in [3.8, 4) is 11.6 Å². The van der Waals surface area contributed by atoms with Gasteiger partial charge < -0.3 is 19.6 Å². The lowest BCUT2D eigenvalue weighted by molar-refractivity contribution is -0.138. The van der Waals surface area contributed by atoms with Crippen molar-refractivity contribution in [1.82, 2.24) is 20.1 Å². The average molecular weight is 411 g/mol. The largest absolute Gasteiger partial charge is 0.421 e. The van der Waals surface area contributed by atoms with Gasteiger partial charge in [-0.25, -0.2) is 0 Å². The molecule has 1 atom stereocenters. The number of carbonyl (C=O) groups excluding carboxylic acids is 1. The first-order chi connectivity index (χ1) is 13.7. The van der Waals surface area contributed by atoms with Crippen LogP contribution in [0.5, 0.6) is 0 Å². The van der Waals surface area contributed by atoms with Crippen LogP contribution in [-0.4, -0.2) is 45.1 Å². The number of nitrogens with one attached hydrogen (secondary N) is 2. The van der Waals surface area contributed by atoms with E-state index in [0.29, 0.717) is 11.5 Å². The minimum absolute atomic E-state index is 0.0479. The van der Waals surface area contributed by atoms with E-state index in [1.54, 1.807) is 6.92 Å². The summed E-state index contributed by atoms with van der Waals surface area (Å²) in [6, 6.07) is 1.03. The van der Waals surface area contributed by atoms with E-state index in [-0.39, 0.29) is 23.5 Å². The Morgan fingerprint density at radius 3 is 2.52 bits per heavy atom. The Hall–Kier alpha value is -2.85. The summed E-state index contributed by atoms with van der Waals surface area (Å²) in [4.78, 5) is 28.1. The van der Waals surface area contributed by atoms with Gasteiger partial charge in [0.25, 0.3) is 11.4 Å². The third-order valence-electron chi connectivity index (χ3n) is 5.67. The van der Waals surface area contributed by atoms with Crippen LogP contribution in [0.15, 0.2) is 21.3 Å². The lowest BCUT2D eigenvalue weighted by Gasteiger charge is -2.33. The number of aromatic amines is 1. The van der Waals surface area contributed by atoms with Gasteiger partial charge in [0.15, 0.2) is 0 Å². The Labute approximate surface area is 163 Å². The number of rotatable bonds is 4. The second-order valence-electron chi connectivity index (χ2n) is 7.72. The topological polar surface area (TPSA) is 104 Å². The number of H-pyrrole nitrogens is 1. The van der Waals surface area contributed by atoms with Crippen LogP contribution in [0.4, 0.5) is 19.2 Å². The molecule has 156 valence electrons. The molecule has 0 bridgehead atoms. The molecule has 0 radical (unpaired) electrons. The fourth-order valence-electron chi connectivity index (χ4n) is 3.61. The van der Waals surface area contributed by atoms with Crippen LogP contribution in [0, 0.1) is 5.41 Å². The van der Waals surface area contributed by atoms with Gasteiger partial charge in [0.1, 0.15) is 17.3 Å². The number of nitrogens with zero attached hydrogens (tertiary/aromatic N) is 3. The molecule has 2 aliphatic rings. The van der Waals surface area contributed by atoms with Crippen LogP contribution in [0.25, 0.3) is 11.6 Å². The van der Waals surface area contributed by atoms with Crippen molar-refractivity contribution in [1.29, 1.82) is 0 Å². The number of pyridine rings is 1. The highest BCUT2D eigenvalue weighted by Gasteiger charge is 2.45. The van der Waals surface area contributed by atoms with Gasteiger partial charge in [0.2, 0.25) is 5.91 Å². The van der Waals surface area contributed by atoms with Crippen molar-refractivity contribution in [2.45, 2.75) is 44.8 Å². The minimum atomic E-state index is -4.75. The Morgan fingerprint density at radius 2 is 1.93 bits per heavy atom. The smallest absolute Gasteiger partial charge is 0.402 e. The van der Waals surface area contributed by atoms with E-state index in [2.05, 4.69) is 20.5 Å². The highest BCUT2D eigenvalue weighted by Crippen LogP contribution is 2.53. The number of piperidine rings is 1. The zero-order valence-electron chi connectivity index (χ0n) is 15.7. The lowest BCUT2D eigenvalue weighted by atomic mass is 9.93. The zero-order valence-corrected chi connectivity index (χ0v) is 15.7. The SMILES string of the molecule is C[C@@H](Nc1nnc(-c2ccc(C(F)(F)F)c(=O)[nH]2)o1)C(=O)N1CCC2(CC1)CC2. The minimum Gasteiger partial charge on any atom is -0.402 e. The molecular formula is C18H20F3N5O3. The van der Waals surface area contributed by atoms with Crippen LogP contribution < -0.4 is 10.9 Å². The maximum absolute atomic E-state index is 12.7. The molecule has 1 aliphatic carbocycles. The molecule has 4 rings (SSSR count). The number of halogens is 3. The number of hydrogen-bond donors (Lipinski definition) is 2. The molecule has 1 saturated heterocycles. The molecule has 2 aromatic heterocycles. The normalized spacial score (nSPS) is 19.2. The Bertz CT molecular complexity index is 970. The summed E-state index contributed by atoms with van der Waals surface area (Å²) in [6.45, 7) is 3.13. The van der Waals surface area contributed by atoms with Gasteiger partial charge >= 0.3 is 12.2 Å². The van der Waals surface area contributed by atoms with Crippen molar-refractivity contribution >= 4 is 11.9 Å². The highest BCUT2D eigenvalue weighted by atomic mass is 19.4. The first kappa shape index (κ1) is 19.5. The van der Waals surface area contributed by atoms with E-state index in [1.165, 1.54) is 12.8 Å². The monoisotopic (exact) mass is 411 g/mol. The fourth-order valence-corrected chi connectivity index (χ4v) is 3.61. The summed E-state index contributed by atoms with van der Waals surface area (Å²) in [5, 5.41) is 10.3. The van der Waals surface area contributed by atoms with Gasteiger partial charge in [-0.3, -0.25) is 9.59 Å². The third-order valence-corrected chi connectivity index (χ3v) is 5.67. The summed E-state index contributed by atoms with van der Waals surface area (Å²) in [5.74, 6) is -0.241. The van der Waals surface area contributed by atoms with Gasteiger partial charge in [-0.2, -0.15) is 13.2 Å². The van der Waals surface area contributed by atoms with Crippen molar-refractivity contribution in [3.05, 3.63) is 28.0 Å². The van der Waals surface area contributed by atoms with Crippen LogP contribution in [-0.2, 0) is 11.0 Å². The molecule has 29 heavy (non-hydrogen) atoms. The number of likely N-dealkylation sites (tertiary alicyclic amines) is 1. The number of carbonyl (C=O) groups is 1. The molecule has 2 fully saturated rings. The van der Waals surface area contributed by atoms with Gasteiger partial charge in [-0.1, -0.05) is 5.10 Å². The molecule has 2 N–H and O–H groups in total. The Kier molecular flexibility index (Phi) is 4.62. The molecule has 8 nitrogen and oxygen atoms in total. The molecule has 1 spiro atoms. The predicted molar refractivity (Wildman–Crippen MR) is 95.9 cm³/mol. The molecule has 2 aromatic rings. The highest BCUT2D eigenvalue weighted by molar-refractivity contribution is 5.83. The first-order valence-electron chi connectivity index (χ1n) is 9.37. The van der Waals surface area contributed by atoms with E-state index in [1.807, 2.05) is 4.90 Å². The standard InChI is InChI=1S/C18H20F3N5O3/c1-10(15(28)26-8-6-17(4-5-17)7-9-26)22-16-25-24-14(29-16)12-3-2-11(13(27)23-12)18(19,20)21/h2-3,10H,4-9H2,1H3,(H,22,25)(H,23,27)/t10-/m1/s1. The molecule has 11 heteroatoms. The summed E-state index contributed by atoms with van der Waals surface area (Å²) < 4.78 is 43.4. The van der Waals surface area contributed by atoms with Crippen molar-refractivity contribution in [2.75, 3.05) is 18.4 Å². The maximum Gasteiger partial charge on any atom is 0.421 e. The summed E-state index contributed by atoms with van der Waals surface area (Å²) in [6.07, 6.45) is -0.203. The fraction of sp³-hybridized carbons (Fsp3) is 0.556. The number of amides is 1. The molecule has 3 heterocycles. The van der Waals surface area contributed by atoms with E-state index in [0.717, 1.165) is 32.0 Å². The number of aromatic nitrogens is 3. The van der Waals surface area contributed by atoms with Crippen LogP contribution in [0.3, 0.4) is 0 Å². The molecule has 1 aliphatic heterocycles. The van der Waals surface area contributed by atoms with E-state index in [9.17, 15) is 22.8 Å².